The standard InChI is InChI=1S/C21H26O3.C17H16N2O5/c1-3-4-5-6-7-16-23-19-14-10-18(11-15-19)21(22)24-20-12-8-17(2)9-13-20;20-14-4-2-1-3-12(14)9-15(21)19-13-7-5-11(6-8-13)17(24)18-10-16(22)23/h8-15H,3-7,16H2,1-2H3;1-8,20H,9-10H2,(H,18,24)(H,19,21)(H,22,23). The van der Waals surface area contributed by atoms with Gasteiger partial charge in [-0.2, -0.15) is 0 Å². The maximum atomic E-state index is 12.1. The van der Waals surface area contributed by atoms with Crippen LogP contribution in [0.3, 0.4) is 0 Å². The monoisotopic (exact) mass is 654 g/mol. The minimum atomic E-state index is -1.13. The Labute approximate surface area is 280 Å². The summed E-state index contributed by atoms with van der Waals surface area (Å²) in [5.74, 6) is -0.904. The molecule has 0 aliphatic carbocycles. The van der Waals surface area contributed by atoms with E-state index in [0.29, 0.717) is 22.6 Å². The summed E-state index contributed by atoms with van der Waals surface area (Å²) < 4.78 is 11.1. The molecule has 0 heterocycles. The second-order valence-corrected chi connectivity index (χ2v) is 11.0. The van der Waals surface area contributed by atoms with Crippen molar-refractivity contribution in [3.8, 4) is 17.2 Å². The number of carboxylic acid groups (broad SMARTS) is 1. The molecule has 0 bridgehead atoms. The number of benzene rings is 4. The first kappa shape index (κ1) is 36.8. The first-order chi connectivity index (χ1) is 23.1. The predicted molar refractivity (Wildman–Crippen MR) is 184 cm³/mol. The predicted octanol–water partition coefficient (Wildman–Crippen LogP) is 6.95. The molecule has 0 aromatic heterocycles. The normalized spacial score (nSPS) is 10.2. The van der Waals surface area contributed by atoms with Crippen molar-refractivity contribution in [2.75, 3.05) is 18.5 Å². The number of rotatable bonds is 15. The molecular weight excluding hydrogens is 612 g/mol. The van der Waals surface area contributed by atoms with E-state index in [9.17, 15) is 24.3 Å². The van der Waals surface area contributed by atoms with E-state index in [0.717, 1.165) is 24.3 Å². The van der Waals surface area contributed by atoms with Crippen LogP contribution in [0.2, 0.25) is 0 Å². The lowest BCUT2D eigenvalue weighted by Crippen LogP contribution is -2.29. The highest BCUT2D eigenvalue weighted by Crippen LogP contribution is 2.18. The number of para-hydroxylation sites is 1. The van der Waals surface area contributed by atoms with Crippen molar-refractivity contribution in [3.63, 3.8) is 0 Å². The van der Waals surface area contributed by atoms with E-state index < -0.39 is 18.4 Å². The Bertz CT molecular complexity index is 1620. The van der Waals surface area contributed by atoms with Gasteiger partial charge in [-0.15, -0.1) is 0 Å². The average Bonchev–Trinajstić information content (AvgIpc) is 3.08. The van der Waals surface area contributed by atoms with Gasteiger partial charge in [0.2, 0.25) is 5.91 Å². The summed E-state index contributed by atoms with van der Waals surface area (Å²) in [5.41, 5.74) is 2.94. The van der Waals surface area contributed by atoms with E-state index in [1.54, 1.807) is 54.6 Å². The Morgan fingerprint density at radius 2 is 1.35 bits per heavy atom. The topological polar surface area (TPSA) is 151 Å². The molecule has 0 aliphatic rings. The SMILES string of the molecule is CCCCCCCOc1ccc(C(=O)Oc2ccc(C)cc2)cc1.O=C(O)CNC(=O)c1ccc(NC(=O)Cc2ccccc2O)cc1. The van der Waals surface area contributed by atoms with Crippen LogP contribution in [-0.2, 0) is 16.0 Å². The van der Waals surface area contributed by atoms with E-state index in [1.807, 2.05) is 31.2 Å². The molecule has 10 heteroatoms. The Morgan fingerprint density at radius 1 is 0.729 bits per heavy atom. The second kappa shape index (κ2) is 19.8. The quantitative estimate of drug-likeness (QED) is 0.0611. The Hall–Kier alpha value is -5.64. The molecule has 252 valence electrons. The van der Waals surface area contributed by atoms with Crippen LogP contribution in [0.25, 0.3) is 0 Å². The number of hydrogen-bond donors (Lipinski definition) is 4. The van der Waals surface area contributed by atoms with Gasteiger partial charge in [-0.3, -0.25) is 14.4 Å². The minimum Gasteiger partial charge on any atom is -0.508 e. The maximum absolute atomic E-state index is 12.1. The highest BCUT2D eigenvalue weighted by atomic mass is 16.5. The number of carbonyl (C=O) groups is 4. The highest BCUT2D eigenvalue weighted by Gasteiger charge is 2.11. The summed E-state index contributed by atoms with van der Waals surface area (Å²) in [4.78, 5) is 46.1. The number of amides is 2. The lowest BCUT2D eigenvalue weighted by molar-refractivity contribution is -0.135. The summed E-state index contributed by atoms with van der Waals surface area (Å²) in [6.45, 7) is 4.46. The maximum Gasteiger partial charge on any atom is 0.343 e. The zero-order valence-corrected chi connectivity index (χ0v) is 27.2. The highest BCUT2D eigenvalue weighted by molar-refractivity contribution is 5.97. The summed E-state index contributed by atoms with van der Waals surface area (Å²) in [6, 6.07) is 27.1. The lowest BCUT2D eigenvalue weighted by Gasteiger charge is -2.08. The zero-order valence-electron chi connectivity index (χ0n) is 27.2. The molecule has 0 atom stereocenters. The number of carbonyl (C=O) groups excluding carboxylic acids is 3. The second-order valence-electron chi connectivity index (χ2n) is 11.0. The molecule has 2 amide bonds. The lowest BCUT2D eigenvalue weighted by atomic mass is 10.1. The van der Waals surface area contributed by atoms with Gasteiger partial charge >= 0.3 is 11.9 Å². The third kappa shape index (κ3) is 13.4. The van der Waals surface area contributed by atoms with Crippen LogP contribution in [0, 0.1) is 6.92 Å². The summed E-state index contributed by atoms with van der Waals surface area (Å²) in [5, 5.41) is 23.1. The number of esters is 1. The molecule has 10 nitrogen and oxygen atoms in total. The van der Waals surface area contributed by atoms with E-state index in [2.05, 4.69) is 17.6 Å². The van der Waals surface area contributed by atoms with E-state index in [1.165, 1.54) is 43.9 Å². The van der Waals surface area contributed by atoms with Crippen LogP contribution in [0.5, 0.6) is 17.2 Å². The van der Waals surface area contributed by atoms with Crippen LogP contribution in [0.4, 0.5) is 5.69 Å². The Balaban J connectivity index is 0.000000260. The van der Waals surface area contributed by atoms with Gasteiger partial charge in [-0.25, -0.2) is 4.79 Å². The third-order valence-corrected chi connectivity index (χ3v) is 7.01. The number of aromatic hydroxyl groups is 1. The van der Waals surface area contributed by atoms with Gasteiger partial charge in [0, 0.05) is 16.8 Å². The Kier molecular flexibility index (Phi) is 15.2. The molecule has 0 saturated heterocycles. The number of anilines is 1. The van der Waals surface area contributed by atoms with Crippen LogP contribution in [0.15, 0.2) is 97.1 Å². The van der Waals surface area contributed by atoms with Crippen molar-refractivity contribution < 1.29 is 38.9 Å². The van der Waals surface area contributed by atoms with E-state index in [-0.39, 0.29) is 29.6 Å². The molecular formula is C38H42N2O8. The van der Waals surface area contributed by atoms with Crippen molar-refractivity contribution in [2.45, 2.75) is 52.4 Å². The molecule has 4 aromatic carbocycles. The molecule has 4 aromatic rings. The van der Waals surface area contributed by atoms with E-state index >= 15 is 0 Å². The van der Waals surface area contributed by atoms with Crippen molar-refractivity contribution in [1.82, 2.24) is 5.32 Å². The molecule has 4 N–H and O–H groups in total. The molecule has 0 unspecified atom stereocenters. The van der Waals surface area contributed by atoms with Gasteiger partial charge in [0.15, 0.2) is 0 Å². The number of hydrogen-bond acceptors (Lipinski definition) is 7. The van der Waals surface area contributed by atoms with Crippen LogP contribution in [-0.4, -0.2) is 47.1 Å². The first-order valence-corrected chi connectivity index (χ1v) is 15.8. The Morgan fingerprint density at radius 3 is 2.00 bits per heavy atom. The fraction of sp³-hybridized carbons (Fsp3) is 0.263. The first-order valence-electron chi connectivity index (χ1n) is 15.8. The van der Waals surface area contributed by atoms with Gasteiger partial charge in [0.25, 0.3) is 5.91 Å². The molecule has 48 heavy (non-hydrogen) atoms. The number of aliphatic carboxylic acids is 1. The number of carboxylic acids is 1. The zero-order chi connectivity index (χ0) is 34.7. The molecule has 0 radical (unpaired) electrons. The average molecular weight is 655 g/mol. The van der Waals surface area contributed by atoms with Crippen molar-refractivity contribution in [2.24, 2.45) is 0 Å². The van der Waals surface area contributed by atoms with Crippen LogP contribution in [0.1, 0.15) is 70.9 Å². The largest absolute Gasteiger partial charge is 0.508 e. The fourth-order valence-electron chi connectivity index (χ4n) is 4.36. The number of unbranched alkanes of at least 4 members (excludes halogenated alkanes) is 4. The molecule has 0 aliphatic heterocycles. The minimum absolute atomic E-state index is 0.0214. The summed E-state index contributed by atoms with van der Waals surface area (Å²) >= 11 is 0. The number of phenols is 1. The molecule has 0 saturated carbocycles. The van der Waals surface area contributed by atoms with Gasteiger partial charge in [0.05, 0.1) is 18.6 Å². The van der Waals surface area contributed by atoms with Gasteiger partial charge < -0.3 is 30.3 Å². The fourth-order valence-corrected chi connectivity index (χ4v) is 4.36. The number of phenolic OH excluding ortho intramolecular Hbond substituents is 1. The summed E-state index contributed by atoms with van der Waals surface area (Å²) in [7, 11) is 0. The van der Waals surface area contributed by atoms with Gasteiger partial charge in [-0.05, 0) is 80.1 Å². The third-order valence-electron chi connectivity index (χ3n) is 7.01. The number of nitrogens with one attached hydrogen (secondary N) is 2. The molecule has 0 fully saturated rings. The number of aryl methyl sites for hydroxylation is 1. The summed E-state index contributed by atoms with van der Waals surface area (Å²) in [6.07, 6.45) is 6.10. The van der Waals surface area contributed by atoms with Gasteiger partial charge in [0.1, 0.15) is 23.8 Å². The number of ether oxygens (including phenoxy) is 2. The van der Waals surface area contributed by atoms with Gasteiger partial charge in [-0.1, -0.05) is 68.5 Å². The van der Waals surface area contributed by atoms with E-state index in [4.69, 9.17) is 14.6 Å². The van der Waals surface area contributed by atoms with Crippen LogP contribution < -0.4 is 20.1 Å². The van der Waals surface area contributed by atoms with Crippen molar-refractivity contribution in [3.05, 3.63) is 119 Å². The smallest absolute Gasteiger partial charge is 0.343 e. The molecule has 4 rings (SSSR count). The van der Waals surface area contributed by atoms with Crippen LogP contribution >= 0.6 is 0 Å². The molecule has 0 spiro atoms. The van der Waals surface area contributed by atoms with Crippen molar-refractivity contribution >= 4 is 29.4 Å². The van der Waals surface area contributed by atoms with Crippen molar-refractivity contribution in [1.29, 1.82) is 0 Å².